The lowest BCUT2D eigenvalue weighted by molar-refractivity contribution is 0.157. The predicted octanol–water partition coefficient (Wildman–Crippen LogP) is 3.04. The van der Waals surface area contributed by atoms with E-state index in [2.05, 4.69) is 25.8 Å². The summed E-state index contributed by atoms with van der Waals surface area (Å²) in [6.07, 6.45) is -0.682. The smallest absolute Gasteiger partial charge is 0.415 e. The minimum absolute atomic E-state index is 0.0296. The highest BCUT2D eigenvalue weighted by Crippen LogP contribution is 2.27. The zero-order chi connectivity index (χ0) is 23.8. The number of urea groups is 1. The number of anilines is 1. The zero-order valence-electron chi connectivity index (χ0n) is 18.0. The Kier molecular flexibility index (Phi) is 7.91. The van der Waals surface area contributed by atoms with Crippen LogP contribution in [0.2, 0.25) is 0 Å². The van der Waals surface area contributed by atoms with Crippen LogP contribution in [0.1, 0.15) is 11.3 Å². The Hall–Kier alpha value is -4.00. The molecule has 0 aliphatic carbocycles. The number of carbonyl (C=O) groups excluding carboxylic acids is 2. The van der Waals surface area contributed by atoms with Crippen molar-refractivity contribution in [1.82, 2.24) is 25.4 Å². The number of benzene rings is 1. The van der Waals surface area contributed by atoms with Crippen LogP contribution in [-0.2, 0) is 13.1 Å². The molecule has 11 nitrogen and oxygen atoms in total. The van der Waals surface area contributed by atoms with Crippen molar-refractivity contribution in [3.63, 3.8) is 0 Å². The number of aromatic nitrogens is 3. The standard InChI is InChI=1S/C20H21FN6O5S/c1-27(20(29)32-15-8-16(30-2)25-26-17(15)31-3)10-14-11-33-19(23-14)24-18(28)22-9-12-5-4-6-13(21)7-12/h4-8,11H,9-10H2,1-3H3,(H2,22,23,24,28). The van der Waals surface area contributed by atoms with E-state index in [1.807, 2.05) is 0 Å². The van der Waals surface area contributed by atoms with Gasteiger partial charge in [0.1, 0.15) is 5.82 Å². The van der Waals surface area contributed by atoms with Crippen LogP contribution in [0, 0.1) is 5.82 Å². The second-order valence-corrected chi connectivity index (χ2v) is 7.42. The molecule has 0 unspecified atom stereocenters. The van der Waals surface area contributed by atoms with E-state index in [0.29, 0.717) is 16.4 Å². The first-order chi connectivity index (χ1) is 15.9. The molecule has 0 aliphatic rings. The summed E-state index contributed by atoms with van der Waals surface area (Å²) in [4.78, 5) is 30.1. The zero-order valence-corrected chi connectivity index (χ0v) is 18.8. The number of methoxy groups -OCH3 is 2. The highest BCUT2D eigenvalue weighted by Gasteiger charge is 2.18. The summed E-state index contributed by atoms with van der Waals surface area (Å²) >= 11 is 1.19. The minimum Gasteiger partial charge on any atom is -0.480 e. The SMILES string of the molecule is COc1cc(OC(=O)N(C)Cc2csc(NC(=O)NCc3cccc(F)c3)n2)c(OC)nn1. The van der Waals surface area contributed by atoms with Gasteiger partial charge in [0, 0.05) is 19.0 Å². The summed E-state index contributed by atoms with van der Waals surface area (Å²) in [6.45, 7) is 0.286. The Morgan fingerprint density at radius 1 is 1.18 bits per heavy atom. The van der Waals surface area contributed by atoms with Gasteiger partial charge in [0.15, 0.2) is 5.13 Å². The molecule has 13 heteroatoms. The molecule has 0 spiro atoms. The van der Waals surface area contributed by atoms with Crippen LogP contribution in [0.5, 0.6) is 17.5 Å². The molecule has 0 saturated carbocycles. The van der Waals surface area contributed by atoms with E-state index in [1.165, 1.54) is 55.7 Å². The lowest BCUT2D eigenvalue weighted by Crippen LogP contribution is -2.30. The van der Waals surface area contributed by atoms with Crippen LogP contribution in [0.15, 0.2) is 35.7 Å². The van der Waals surface area contributed by atoms with Gasteiger partial charge in [-0.15, -0.1) is 21.5 Å². The van der Waals surface area contributed by atoms with Crippen LogP contribution >= 0.6 is 11.3 Å². The number of hydrogen-bond acceptors (Lipinski definition) is 9. The first-order valence-corrected chi connectivity index (χ1v) is 10.4. The topological polar surface area (TPSA) is 128 Å². The van der Waals surface area contributed by atoms with E-state index < -0.39 is 12.1 Å². The van der Waals surface area contributed by atoms with Crippen molar-refractivity contribution in [2.45, 2.75) is 13.1 Å². The maximum Gasteiger partial charge on any atom is 0.415 e. The third-order valence-corrected chi connectivity index (χ3v) is 4.94. The van der Waals surface area contributed by atoms with Crippen molar-refractivity contribution < 1.29 is 28.2 Å². The third-order valence-electron chi connectivity index (χ3n) is 4.13. The molecule has 3 rings (SSSR count). The fourth-order valence-corrected chi connectivity index (χ4v) is 3.24. The minimum atomic E-state index is -0.682. The molecule has 0 atom stereocenters. The van der Waals surface area contributed by atoms with Gasteiger partial charge in [-0.05, 0) is 17.7 Å². The highest BCUT2D eigenvalue weighted by molar-refractivity contribution is 7.13. The van der Waals surface area contributed by atoms with Crippen molar-refractivity contribution >= 4 is 28.6 Å². The Morgan fingerprint density at radius 3 is 2.73 bits per heavy atom. The maximum atomic E-state index is 13.2. The van der Waals surface area contributed by atoms with Gasteiger partial charge in [-0.25, -0.2) is 19.0 Å². The van der Waals surface area contributed by atoms with Gasteiger partial charge in [-0.3, -0.25) is 5.32 Å². The van der Waals surface area contributed by atoms with Gasteiger partial charge in [-0.2, -0.15) is 0 Å². The molecule has 2 heterocycles. The fourth-order valence-electron chi connectivity index (χ4n) is 2.55. The monoisotopic (exact) mass is 476 g/mol. The van der Waals surface area contributed by atoms with Crippen molar-refractivity contribution in [1.29, 1.82) is 0 Å². The lowest BCUT2D eigenvalue weighted by Gasteiger charge is -2.16. The van der Waals surface area contributed by atoms with Gasteiger partial charge >= 0.3 is 12.1 Å². The summed E-state index contributed by atoms with van der Waals surface area (Å²) in [5.41, 5.74) is 1.17. The molecule has 1 aromatic carbocycles. The first kappa shape index (κ1) is 23.7. The van der Waals surface area contributed by atoms with Gasteiger partial charge in [-0.1, -0.05) is 12.1 Å². The van der Waals surface area contributed by atoms with E-state index in [-0.39, 0.29) is 36.4 Å². The normalized spacial score (nSPS) is 10.3. The van der Waals surface area contributed by atoms with Gasteiger partial charge in [0.25, 0.3) is 5.88 Å². The molecule has 0 fully saturated rings. The number of amides is 3. The molecule has 174 valence electrons. The highest BCUT2D eigenvalue weighted by atomic mass is 32.1. The lowest BCUT2D eigenvalue weighted by atomic mass is 10.2. The summed E-state index contributed by atoms with van der Waals surface area (Å²) in [5, 5.41) is 14.8. The number of carbonyl (C=O) groups is 2. The quantitative estimate of drug-likeness (QED) is 0.508. The van der Waals surface area contributed by atoms with E-state index in [1.54, 1.807) is 17.5 Å². The number of rotatable bonds is 8. The molecule has 0 bridgehead atoms. The fraction of sp³-hybridized carbons (Fsp3) is 0.250. The predicted molar refractivity (Wildman–Crippen MR) is 117 cm³/mol. The van der Waals surface area contributed by atoms with Crippen LogP contribution in [-0.4, -0.2) is 53.5 Å². The van der Waals surface area contributed by atoms with Crippen LogP contribution < -0.4 is 24.8 Å². The Labute approximate surface area is 192 Å². The van der Waals surface area contributed by atoms with E-state index >= 15 is 0 Å². The molecule has 0 aliphatic heterocycles. The Bertz CT molecular complexity index is 1130. The molecule has 0 radical (unpaired) electrons. The molecule has 2 N–H and O–H groups in total. The number of hydrogen-bond donors (Lipinski definition) is 2. The second kappa shape index (κ2) is 11.0. The summed E-state index contributed by atoms with van der Waals surface area (Å²) in [6, 6.07) is 6.83. The van der Waals surface area contributed by atoms with Gasteiger partial charge in [0.05, 0.1) is 32.5 Å². The molecule has 0 saturated heterocycles. The van der Waals surface area contributed by atoms with E-state index in [9.17, 15) is 14.0 Å². The number of halogens is 1. The summed E-state index contributed by atoms with van der Waals surface area (Å²) < 4.78 is 28.5. The molecule has 3 aromatic rings. The van der Waals surface area contributed by atoms with Crippen LogP contribution in [0.25, 0.3) is 0 Å². The molecular weight excluding hydrogens is 455 g/mol. The molecule has 3 amide bonds. The van der Waals surface area contributed by atoms with Crippen molar-refractivity contribution in [3.8, 4) is 17.5 Å². The summed E-state index contributed by atoms with van der Waals surface area (Å²) in [7, 11) is 4.30. The third kappa shape index (κ3) is 6.74. The molecule has 33 heavy (non-hydrogen) atoms. The number of nitrogens with one attached hydrogen (secondary N) is 2. The van der Waals surface area contributed by atoms with Crippen molar-refractivity contribution in [2.24, 2.45) is 0 Å². The number of ether oxygens (including phenoxy) is 3. The van der Waals surface area contributed by atoms with E-state index in [4.69, 9.17) is 14.2 Å². The average Bonchev–Trinajstić information content (AvgIpc) is 3.24. The number of thiazole rings is 1. The first-order valence-electron chi connectivity index (χ1n) is 9.50. The maximum absolute atomic E-state index is 13.2. The summed E-state index contributed by atoms with van der Waals surface area (Å²) in [5.74, 6) is -0.134. The van der Waals surface area contributed by atoms with E-state index in [0.717, 1.165) is 0 Å². The van der Waals surface area contributed by atoms with Crippen molar-refractivity contribution in [3.05, 3.63) is 52.8 Å². The Morgan fingerprint density at radius 2 is 2.00 bits per heavy atom. The van der Waals surface area contributed by atoms with Crippen molar-refractivity contribution in [2.75, 3.05) is 26.6 Å². The molecular formula is C20H21FN6O5S. The Balaban J connectivity index is 1.52. The molecule has 2 aromatic heterocycles. The average molecular weight is 476 g/mol. The van der Waals surface area contributed by atoms with Gasteiger partial charge in [0.2, 0.25) is 11.6 Å². The number of nitrogens with zero attached hydrogens (tertiary/aromatic N) is 4. The second-order valence-electron chi connectivity index (χ2n) is 6.57. The van der Waals surface area contributed by atoms with Crippen LogP contribution in [0.3, 0.4) is 0 Å². The van der Waals surface area contributed by atoms with Gasteiger partial charge < -0.3 is 24.4 Å². The van der Waals surface area contributed by atoms with Crippen LogP contribution in [0.4, 0.5) is 19.1 Å². The largest absolute Gasteiger partial charge is 0.480 e.